The second-order valence-corrected chi connectivity index (χ2v) is 4.39. The van der Waals surface area contributed by atoms with E-state index in [-0.39, 0.29) is 30.8 Å². The molecular weight excluding hydrogens is 260 g/mol. The smallest absolute Gasteiger partial charge is 0.308 e. The van der Waals surface area contributed by atoms with Crippen molar-refractivity contribution in [3.05, 3.63) is 0 Å². The van der Waals surface area contributed by atoms with Crippen molar-refractivity contribution >= 4 is 11.9 Å². The Bertz CT molecular complexity index is 304. The fourth-order valence-electron chi connectivity index (χ4n) is 2.02. The van der Waals surface area contributed by atoms with Crippen LogP contribution in [0.2, 0.25) is 0 Å². The van der Waals surface area contributed by atoms with E-state index in [0.717, 1.165) is 0 Å². The molecule has 0 radical (unpaired) electrons. The molecule has 1 aliphatic rings. The van der Waals surface area contributed by atoms with E-state index in [0.29, 0.717) is 25.9 Å². The number of rotatable bonds is 6. The molecule has 0 atom stereocenters. The summed E-state index contributed by atoms with van der Waals surface area (Å²) in [4.78, 5) is 24.7. The lowest BCUT2D eigenvalue weighted by atomic mass is 9.97. The second kappa shape index (κ2) is 8.04. The van der Waals surface area contributed by atoms with Crippen LogP contribution in [0.3, 0.4) is 0 Å². The third-order valence-electron chi connectivity index (χ3n) is 3.09. The predicted octanol–water partition coefficient (Wildman–Crippen LogP) is 1.07. The van der Waals surface area contributed by atoms with Crippen LogP contribution in [0.25, 0.3) is 0 Å². The van der Waals surface area contributed by atoms with Crippen LogP contribution in [-0.4, -0.2) is 56.6 Å². The molecule has 1 heterocycles. The number of alkyl halides is 2. The van der Waals surface area contributed by atoms with Gasteiger partial charge in [0, 0.05) is 13.1 Å². The van der Waals surface area contributed by atoms with E-state index < -0.39 is 13.0 Å². The van der Waals surface area contributed by atoms with Crippen molar-refractivity contribution in [1.82, 2.24) is 4.90 Å². The minimum absolute atomic E-state index is 0.000103. The zero-order chi connectivity index (χ0) is 14.3. The molecule has 0 N–H and O–H groups in total. The normalized spacial score (nSPS) is 16.7. The van der Waals surface area contributed by atoms with Gasteiger partial charge in [-0.25, -0.2) is 8.78 Å². The molecule has 7 heteroatoms. The Labute approximate surface area is 110 Å². The number of piperidine rings is 1. The summed E-state index contributed by atoms with van der Waals surface area (Å²) in [5, 5.41) is 0. The minimum atomic E-state index is -2.51. The average molecular weight is 279 g/mol. The van der Waals surface area contributed by atoms with Crippen LogP contribution in [-0.2, 0) is 19.1 Å². The van der Waals surface area contributed by atoms with Crippen LogP contribution in [0.5, 0.6) is 0 Å². The van der Waals surface area contributed by atoms with Crippen LogP contribution in [0.15, 0.2) is 0 Å². The van der Waals surface area contributed by atoms with Gasteiger partial charge in [0.25, 0.3) is 6.43 Å². The molecule has 0 aliphatic carbocycles. The maximum Gasteiger partial charge on any atom is 0.308 e. The lowest BCUT2D eigenvalue weighted by Crippen LogP contribution is -2.40. The highest BCUT2D eigenvalue weighted by atomic mass is 19.3. The first-order chi connectivity index (χ1) is 9.04. The van der Waals surface area contributed by atoms with Crippen LogP contribution < -0.4 is 0 Å². The topological polar surface area (TPSA) is 55.8 Å². The lowest BCUT2D eigenvalue weighted by Gasteiger charge is -2.30. The summed E-state index contributed by atoms with van der Waals surface area (Å²) in [6, 6.07) is 0. The molecule has 0 unspecified atom stereocenters. The number of hydrogen-bond acceptors (Lipinski definition) is 4. The number of ether oxygens (including phenoxy) is 2. The first-order valence-electron chi connectivity index (χ1n) is 6.26. The van der Waals surface area contributed by atoms with Crippen molar-refractivity contribution in [3.63, 3.8) is 0 Å². The molecule has 19 heavy (non-hydrogen) atoms. The third kappa shape index (κ3) is 5.50. The van der Waals surface area contributed by atoms with E-state index in [1.165, 1.54) is 7.11 Å². The third-order valence-corrected chi connectivity index (χ3v) is 3.09. The zero-order valence-corrected chi connectivity index (χ0v) is 10.9. The van der Waals surface area contributed by atoms with Crippen LogP contribution >= 0.6 is 0 Å². The Kier molecular flexibility index (Phi) is 6.69. The molecule has 0 aromatic heterocycles. The number of esters is 1. The van der Waals surface area contributed by atoms with Crippen molar-refractivity contribution in [3.8, 4) is 0 Å². The van der Waals surface area contributed by atoms with Crippen LogP contribution in [0.1, 0.15) is 19.3 Å². The fourth-order valence-corrected chi connectivity index (χ4v) is 2.02. The number of nitrogens with zero attached hydrogens (tertiary/aromatic N) is 1. The zero-order valence-electron chi connectivity index (χ0n) is 10.9. The maximum atomic E-state index is 11.8. The predicted molar refractivity (Wildman–Crippen MR) is 62.8 cm³/mol. The van der Waals surface area contributed by atoms with Gasteiger partial charge in [-0.2, -0.15) is 0 Å². The van der Waals surface area contributed by atoms with Gasteiger partial charge in [-0.3, -0.25) is 9.59 Å². The molecule has 0 spiro atoms. The van der Waals surface area contributed by atoms with Crippen molar-refractivity contribution in [2.24, 2.45) is 5.92 Å². The van der Waals surface area contributed by atoms with E-state index >= 15 is 0 Å². The molecule has 110 valence electrons. The van der Waals surface area contributed by atoms with E-state index in [2.05, 4.69) is 9.47 Å². The van der Waals surface area contributed by atoms with Crippen molar-refractivity contribution in [2.75, 3.05) is 33.4 Å². The molecule has 1 aliphatic heterocycles. The molecule has 1 rings (SSSR count). The molecule has 1 fully saturated rings. The Hall–Kier alpha value is -1.24. The van der Waals surface area contributed by atoms with Gasteiger partial charge in [0.15, 0.2) is 0 Å². The maximum absolute atomic E-state index is 11.8. The highest BCUT2D eigenvalue weighted by Crippen LogP contribution is 2.18. The van der Waals surface area contributed by atoms with Gasteiger partial charge in [0.1, 0.15) is 6.61 Å². The molecule has 1 amide bonds. The quantitative estimate of drug-likeness (QED) is 0.539. The summed E-state index contributed by atoms with van der Waals surface area (Å²) in [6.07, 6.45) is -1.26. The van der Waals surface area contributed by atoms with Gasteiger partial charge in [-0.15, -0.1) is 0 Å². The molecule has 0 saturated carbocycles. The lowest BCUT2D eigenvalue weighted by molar-refractivity contribution is -0.149. The number of methoxy groups -OCH3 is 1. The van der Waals surface area contributed by atoms with Gasteiger partial charge >= 0.3 is 5.97 Å². The highest BCUT2D eigenvalue weighted by molar-refractivity contribution is 5.77. The van der Waals surface area contributed by atoms with Gasteiger partial charge in [-0.1, -0.05) is 0 Å². The highest BCUT2D eigenvalue weighted by Gasteiger charge is 2.27. The second-order valence-electron chi connectivity index (χ2n) is 4.39. The van der Waals surface area contributed by atoms with E-state index in [1.54, 1.807) is 4.90 Å². The molecule has 1 saturated heterocycles. The Morgan fingerprint density at radius 3 is 2.47 bits per heavy atom. The summed E-state index contributed by atoms with van der Waals surface area (Å²) in [5.74, 6) is -0.519. The Morgan fingerprint density at radius 2 is 1.95 bits per heavy atom. The fraction of sp³-hybridized carbons (Fsp3) is 0.833. The monoisotopic (exact) mass is 279 g/mol. The Balaban J connectivity index is 2.20. The van der Waals surface area contributed by atoms with Gasteiger partial charge in [0.05, 0.1) is 26.1 Å². The number of halogens is 2. The first-order valence-corrected chi connectivity index (χ1v) is 6.26. The number of amides is 1. The van der Waals surface area contributed by atoms with Crippen molar-refractivity contribution in [2.45, 2.75) is 25.7 Å². The van der Waals surface area contributed by atoms with Gasteiger partial charge < -0.3 is 14.4 Å². The van der Waals surface area contributed by atoms with Gasteiger partial charge in [-0.05, 0) is 12.8 Å². The number of carbonyl (C=O) groups is 2. The van der Waals surface area contributed by atoms with E-state index in [1.807, 2.05) is 0 Å². The summed E-state index contributed by atoms with van der Waals surface area (Å²) in [6.45, 7) is 0.346. The number of carbonyl (C=O) groups excluding carboxylic acids is 2. The first kappa shape index (κ1) is 15.8. The molecule has 0 bridgehead atoms. The molecule has 5 nitrogen and oxygen atoms in total. The Morgan fingerprint density at radius 1 is 1.32 bits per heavy atom. The van der Waals surface area contributed by atoms with Crippen LogP contribution in [0, 0.1) is 5.92 Å². The minimum Gasteiger partial charge on any atom is -0.469 e. The molecule has 0 aromatic carbocycles. The summed E-state index contributed by atoms with van der Waals surface area (Å²) in [5.41, 5.74) is 0. The molecule has 0 aromatic rings. The van der Waals surface area contributed by atoms with E-state index in [9.17, 15) is 18.4 Å². The molecular formula is C12H19F2NO4. The van der Waals surface area contributed by atoms with Crippen LogP contribution in [0.4, 0.5) is 8.78 Å². The summed E-state index contributed by atoms with van der Waals surface area (Å²) >= 11 is 0. The van der Waals surface area contributed by atoms with E-state index in [4.69, 9.17) is 0 Å². The van der Waals surface area contributed by atoms with Gasteiger partial charge in [0.2, 0.25) is 5.91 Å². The number of hydrogen-bond donors (Lipinski definition) is 0. The number of likely N-dealkylation sites (tertiary alicyclic amines) is 1. The largest absolute Gasteiger partial charge is 0.469 e. The average Bonchev–Trinajstić information content (AvgIpc) is 2.42. The summed E-state index contributed by atoms with van der Waals surface area (Å²) in [7, 11) is 1.35. The SMILES string of the molecule is COC(=O)C1CCN(C(=O)CCOCC(F)F)CC1. The summed E-state index contributed by atoms with van der Waals surface area (Å²) < 4.78 is 32.9. The van der Waals surface area contributed by atoms with Crippen molar-refractivity contribution in [1.29, 1.82) is 0 Å². The van der Waals surface area contributed by atoms with Crippen molar-refractivity contribution < 1.29 is 27.8 Å². The standard InChI is InChI=1S/C12H19F2NO4/c1-18-12(17)9-2-5-15(6-3-9)11(16)4-7-19-8-10(13)14/h9-10H,2-8H2,1H3.